The van der Waals surface area contributed by atoms with E-state index in [4.69, 9.17) is 10.5 Å². The average Bonchev–Trinajstić information content (AvgIpc) is 2.22. The summed E-state index contributed by atoms with van der Waals surface area (Å²) in [6.07, 6.45) is 4.00. The zero-order valence-corrected chi connectivity index (χ0v) is 10.0. The molecular weight excluding hydrogens is 190 g/mol. The van der Waals surface area contributed by atoms with Crippen LogP contribution in [0.25, 0.3) is 0 Å². The van der Waals surface area contributed by atoms with Crippen LogP contribution in [-0.2, 0) is 4.74 Å². The van der Waals surface area contributed by atoms with E-state index in [1.165, 1.54) is 6.20 Å². The highest BCUT2D eigenvalue weighted by atomic mass is 16.5. The molecule has 0 aliphatic heterocycles. The number of nitrogens with two attached hydrogens (primary N) is 1. The molecule has 0 fully saturated rings. The molecule has 0 amide bonds. The molecule has 0 saturated heterocycles. The molecular formula is C11H21N3O. The number of aliphatic imine (C=N–C) groups is 2. The van der Waals surface area contributed by atoms with Gasteiger partial charge in [-0.15, -0.1) is 0 Å². The largest absolute Gasteiger partial charge is 0.490 e. The third kappa shape index (κ3) is 7.73. The monoisotopic (exact) mass is 211 g/mol. The molecule has 0 heterocycles. The SMILES string of the molecule is CN=C(C)N=C/C(=C\N)OCCC(C)C. The zero-order valence-electron chi connectivity index (χ0n) is 10.0. The number of hydrogen-bond donors (Lipinski definition) is 1. The minimum absolute atomic E-state index is 0.582. The van der Waals surface area contributed by atoms with Gasteiger partial charge in [0.1, 0.15) is 5.84 Å². The normalized spacial score (nSPS) is 13.9. The molecule has 86 valence electrons. The summed E-state index contributed by atoms with van der Waals surface area (Å²) >= 11 is 0. The Morgan fingerprint density at radius 3 is 2.60 bits per heavy atom. The van der Waals surface area contributed by atoms with Crippen LogP contribution in [0.15, 0.2) is 21.9 Å². The Bertz CT molecular complexity index is 255. The van der Waals surface area contributed by atoms with E-state index < -0.39 is 0 Å². The molecule has 0 bridgehead atoms. The summed E-state index contributed by atoms with van der Waals surface area (Å²) in [5.74, 6) is 1.90. The fourth-order valence-electron chi connectivity index (χ4n) is 0.756. The predicted octanol–water partition coefficient (Wildman–Crippen LogP) is 1.97. The molecule has 0 aromatic rings. The second kappa shape index (κ2) is 8.03. The lowest BCUT2D eigenvalue weighted by atomic mass is 10.1. The van der Waals surface area contributed by atoms with E-state index in [-0.39, 0.29) is 0 Å². The third-order valence-corrected chi connectivity index (χ3v) is 1.83. The maximum absolute atomic E-state index is 5.43. The lowest BCUT2D eigenvalue weighted by molar-refractivity contribution is 0.213. The molecule has 0 aromatic carbocycles. The van der Waals surface area contributed by atoms with Gasteiger partial charge in [-0.3, -0.25) is 4.99 Å². The van der Waals surface area contributed by atoms with Gasteiger partial charge in [0.15, 0.2) is 5.76 Å². The van der Waals surface area contributed by atoms with Gasteiger partial charge in [-0.25, -0.2) is 4.99 Å². The summed E-state index contributed by atoms with van der Waals surface area (Å²) in [4.78, 5) is 7.96. The van der Waals surface area contributed by atoms with E-state index >= 15 is 0 Å². The summed E-state index contributed by atoms with van der Waals surface area (Å²) in [6, 6.07) is 0. The van der Waals surface area contributed by atoms with Crippen molar-refractivity contribution in [1.82, 2.24) is 0 Å². The molecule has 0 aliphatic carbocycles. The first-order valence-electron chi connectivity index (χ1n) is 5.12. The minimum Gasteiger partial charge on any atom is -0.490 e. The number of amidine groups is 1. The molecule has 0 saturated carbocycles. The number of hydrogen-bond acceptors (Lipinski definition) is 3. The van der Waals surface area contributed by atoms with Crippen LogP contribution in [0.1, 0.15) is 27.2 Å². The summed E-state index contributed by atoms with van der Waals surface area (Å²) < 4.78 is 5.43. The summed E-state index contributed by atoms with van der Waals surface area (Å²) in [5, 5.41) is 0. The summed E-state index contributed by atoms with van der Waals surface area (Å²) in [5.41, 5.74) is 5.40. The van der Waals surface area contributed by atoms with Gasteiger partial charge in [0.2, 0.25) is 0 Å². The third-order valence-electron chi connectivity index (χ3n) is 1.83. The molecule has 0 aliphatic rings. The van der Waals surface area contributed by atoms with Crippen molar-refractivity contribution in [3.8, 4) is 0 Å². The van der Waals surface area contributed by atoms with Crippen molar-refractivity contribution in [3.63, 3.8) is 0 Å². The van der Waals surface area contributed by atoms with Gasteiger partial charge in [0, 0.05) is 13.2 Å². The predicted molar refractivity (Wildman–Crippen MR) is 65.2 cm³/mol. The van der Waals surface area contributed by atoms with Crippen LogP contribution in [0.3, 0.4) is 0 Å². The van der Waals surface area contributed by atoms with E-state index in [2.05, 4.69) is 23.8 Å². The molecule has 2 N–H and O–H groups in total. The molecule has 15 heavy (non-hydrogen) atoms. The van der Waals surface area contributed by atoms with E-state index in [0.29, 0.717) is 24.1 Å². The number of rotatable bonds is 5. The van der Waals surface area contributed by atoms with E-state index in [1.807, 2.05) is 6.92 Å². The Hall–Kier alpha value is -1.32. The van der Waals surface area contributed by atoms with Crippen LogP contribution < -0.4 is 5.73 Å². The van der Waals surface area contributed by atoms with Crippen molar-refractivity contribution in [3.05, 3.63) is 12.0 Å². The molecule has 0 spiro atoms. The van der Waals surface area contributed by atoms with Gasteiger partial charge in [-0.05, 0) is 19.3 Å². The van der Waals surface area contributed by atoms with Gasteiger partial charge >= 0.3 is 0 Å². The Kier molecular flexibility index (Phi) is 7.32. The Labute approximate surface area is 91.9 Å². The Balaban J connectivity index is 4.00. The molecule has 0 radical (unpaired) electrons. The minimum atomic E-state index is 0.582. The molecule has 0 aromatic heterocycles. The number of nitrogens with zero attached hydrogens (tertiary/aromatic N) is 2. The van der Waals surface area contributed by atoms with Crippen LogP contribution in [0, 0.1) is 5.92 Å². The van der Waals surface area contributed by atoms with E-state index in [9.17, 15) is 0 Å². The van der Waals surface area contributed by atoms with Crippen molar-refractivity contribution >= 4 is 12.1 Å². The fraction of sp³-hybridized carbons (Fsp3) is 0.636. The van der Waals surface area contributed by atoms with E-state index in [1.54, 1.807) is 13.3 Å². The fourth-order valence-corrected chi connectivity index (χ4v) is 0.756. The quantitative estimate of drug-likeness (QED) is 0.429. The first-order chi connectivity index (χ1) is 7.10. The highest BCUT2D eigenvalue weighted by Crippen LogP contribution is 2.01. The first kappa shape index (κ1) is 13.7. The Morgan fingerprint density at radius 1 is 1.47 bits per heavy atom. The standard InChI is InChI=1S/C11H21N3O/c1-9(2)5-6-15-11(7-12)8-14-10(3)13-4/h7-9H,5-6,12H2,1-4H3/b11-7+,13-10?,14-8?. The summed E-state index contributed by atoms with van der Waals surface area (Å²) in [7, 11) is 1.69. The molecule has 4 heteroatoms. The van der Waals surface area contributed by atoms with Gasteiger partial charge in [-0.1, -0.05) is 13.8 Å². The first-order valence-corrected chi connectivity index (χ1v) is 5.12. The van der Waals surface area contributed by atoms with Gasteiger partial charge in [-0.2, -0.15) is 0 Å². The second-order valence-electron chi connectivity index (χ2n) is 3.63. The van der Waals surface area contributed by atoms with Crippen molar-refractivity contribution in [1.29, 1.82) is 0 Å². The molecule has 0 atom stereocenters. The van der Waals surface area contributed by atoms with Crippen LogP contribution in [-0.4, -0.2) is 25.7 Å². The maximum Gasteiger partial charge on any atom is 0.152 e. The molecule has 4 nitrogen and oxygen atoms in total. The van der Waals surface area contributed by atoms with E-state index in [0.717, 1.165) is 6.42 Å². The summed E-state index contributed by atoms with van der Waals surface area (Å²) in [6.45, 7) is 6.78. The van der Waals surface area contributed by atoms with Gasteiger partial charge in [0.25, 0.3) is 0 Å². The Morgan fingerprint density at radius 2 is 2.13 bits per heavy atom. The van der Waals surface area contributed by atoms with Crippen molar-refractivity contribution in [2.24, 2.45) is 21.6 Å². The van der Waals surface area contributed by atoms with Crippen LogP contribution in [0.4, 0.5) is 0 Å². The lowest BCUT2D eigenvalue weighted by Crippen LogP contribution is -2.03. The van der Waals surface area contributed by atoms with Crippen molar-refractivity contribution in [2.45, 2.75) is 27.2 Å². The number of allylic oxidation sites excluding steroid dienone is 1. The van der Waals surface area contributed by atoms with Crippen LogP contribution in [0.2, 0.25) is 0 Å². The molecule has 0 rings (SSSR count). The van der Waals surface area contributed by atoms with Gasteiger partial charge in [0.05, 0.1) is 12.8 Å². The smallest absolute Gasteiger partial charge is 0.152 e. The number of ether oxygens (including phenoxy) is 1. The van der Waals surface area contributed by atoms with Crippen LogP contribution >= 0.6 is 0 Å². The highest BCUT2D eigenvalue weighted by Gasteiger charge is 1.96. The maximum atomic E-state index is 5.43. The lowest BCUT2D eigenvalue weighted by Gasteiger charge is -2.07. The highest BCUT2D eigenvalue weighted by molar-refractivity contribution is 5.92. The average molecular weight is 211 g/mol. The van der Waals surface area contributed by atoms with Crippen molar-refractivity contribution < 1.29 is 4.74 Å². The molecule has 0 unspecified atom stereocenters. The van der Waals surface area contributed by atoms with Crippen molar-refractivity contribution in [2.75, 3.05) is 13.7 Å². The zero-order chi connectivity index (χ0) is 11.7. The van der Waals surface area contributed by atoms with Gasteiger partial charge < -0.3 is 10.5 Å². The van der Waals surface area contributed by atoms with Crippen LogP contribution in [0.5, 0.6) is 0 Å². The second-order valence-corrected chi connectivity index (χ2v) is 3.63. The topological polar surface area (TPSA) is 60.0 Å².